The average Bonchev–Trinajstić information content (AvgIpc) is 2.90. The third-order valence-electron chi connectivity index (χ3n) is 3.00. The second-order valence-electron chi connectivity index (χ2n) is 4.63. The molecule has 0 aliphatic heterocycles. The van der Waals surface area contributed by atoms with Gasteiger partial charge in [-0.3, -0.25) is 4.79 Å². The van der Waals surface area contributed by atoms with Crippen molar-refractivity contribution in [2.24, 2.45) is 0 Å². The van der Waals surface area contributed by atoms with E-state index in [1.165, 1.54) is 12.7 Å². The molecule has 2 aromatic rings. The molecule has 3 N–H and O–H groups in total. The van der Waals surface area contributed by atoms with Crippen LogP contribution in [0.15, 0.2) is 35.0 Å². The van der Waals surface area contributed by atoms with Crippen molar-refractivity contribution in [1.29, 1.82) is 0 Å². The lowest BCUT2D eigenvalue weighted by atomic mass is 10.1. The Labute approximate surface area is 122 Å². The summed E-state index contributed by atoms with van der Waals surface area (Å²) in [4.78, 5) is 12.3. The Morgan fingerprint density at radius 3 is 2.90 bits per heavy atom. The van der Waals surface area contributed by atoms with Crippen LogP contribution in [-0.4, -0.2) is 19.1 Å². The Hall–Kier alpha value is -2.01. The molecule has 1 unspecified atom stereocenters. The number of rotatable bonds is 5. The van der Waals surface area contributed by atoms with Crippen molar-refractivity contribution in [3.8, 4) is 5.75 Å². The average molecular weight is 290 g/mol. The number of carbonyl (C=O) groups excluding carboxylic acids is 1. The molecule has 0 spiro atoms. The van der Waals surface area contributed by atoms with E-state index in [1.807, 2.05) is 12.3 Å². The van der Waals surface area contributed by atoms with Gasteiger partial charge in [-0.05, 0) is 47.9 Å². The lowest BCUT2D eigenvalue weighted by molar-refractivity contribution is 0.0938. The van der Waals surface area contributed by atoms with E-state index in [0.29, 0.717) is 17.0 Å². The first-order chi connectivity index (χ1) is 9.61. The highest BCUT2D eigenvalue weighted by atomic mass is 32.1. The van der Waals surface area contributed by atoms with E-state index < -0.39 is 0 Å². The molecular formula is C15H18N2O2S. The largest absolute Gasteiger partial charge is 0.496 e. The van der Waals surface area contributed by atoms with Gasteiger partial charge in [0.25, 0.3) is 5.91 Å². The SMILES string of the molecule is COc1cccc(N)c1C(=O)NC(C)Cc1ccsc1. The Bertz CT molecular complexity index is 582. The molecule has 1 amide bonds. The first-order valence-electron chi connectivity index (χ1n) is 6.36. The number of benzene rings is 1. The van der Waals surface area contributed by atoms with Crippen LogP contribution in [0.1, 0.15) is 22.8 Å². The van der Waals surface area contributed by atoms with Crippen LogP contribution in [0, 0.1) is 0 Å². The van der Waals surface area contributed by atoms with E-state index in [2.05, 4.69) is 16.8 Å². The molecule has 1 atom stereocenters. The minimum Gasteiger partial charge on any atom is -0.496 e. The zero-order valence-corrected chi connectivity index (χ0v) is 12.4. The van der Waals surface area contributed by atoms with Gasteiger partial charge in [-0.2, -0.15) is 11.3 Å². The number of nitrogens with one attached hydrogen (secondary N) is 1. The third-order valence-corrected chi connectivity index (χ3v) is 3.74. The van der Waals surface area contributed by atoms with Crippen molar-refractivity contribution in [1.82, 2.24) is 5.32 Å². The summed E-state index contributed by atoms with van der Waals surface area (Å²) >= 11 is 1.65. The summed E-state index contributed by atoms with van der Waals surface area (Å²) in [7, 11) is 1.53. The van der Waals surface area contributed by atoms with Crippen molar-refractivity contribution in [2.75, 3.05) is 12.8 Å². The summed E-state index contributed by atoms with van der Waals surface area (Å²) in [5.74, 6) is 0.285. The van der Waals surface area contributed by atoms with Gasteiger partial charge < -0.3 is 15.8 Å². The first-order valence-corrected chi connectivity index (χ1v) is 7.30. The normalized spacial score (nSPS) is 11.9. The number of hydrogen-bond donors (Lipinski definition) is 2. The third kappa shape index (κ3) is 3.30. The Balaban J connectivity index is 2.08. The fourth-order valence-corrected chi connectivity index (χ4v) is 2.75. The van der Waals surface area contributed by atoms with Crippen LogP contribution in [0.5, 0.6) is 5.75 Å². The molecule has 0 saturated heterocycles. The molecular weight excluding hydrogens is 272 g/mol. The molecule has 5 heteroatoms. The van der Waals surface area contributed by atoms with E-state index in [-0.39, 0.29) is 11.9 Å². The molecule has 0 radical (unpaired) electrons. The maximum atomic E-state index is 12.3. The van der Waals surface area contributed by atoms with Gasteiger partial charge in [0.05, 0.1) is 7.11 Å². The summed E-state index contributed by atoms with van der Waals surface area (Å²) in [6, 6.07) is 7.28. The number of anilines is 1. The fraction of sp³-hybridized carbons (Fsp3) is 0.267. The van der Waals surface area contributed by atoms with Crippen LogP contribution in [0.25, 0.3) is 0 Å². The van der Waals surface area contributed by atoms with Crippen LogP contribution in [0.3, 0.4) is 0 Å². The zero-order chi connectivity index (χ0) is 14.5. The van der Waals surface area contributed by atoms with Gasteiger partial charge in [-0.15, -0.1) is 0 Å². The standard InChI is InChI=1S/C15H18N2O2S/c1-10(8-11-6-7-20-9-11)17-15(18)14-12(16)4-3-5-13(14)19-2/h3-7,9-10H,8,16H2,1-2H3,(H,17,18). The summed E-state index contributed by atoms with van der Waals surface area (Å²) in [6.07, 6.45) is 0.796. The van der Waals surface area contributed by atoms with Crippen molar-refractivity contribution in [3.63, 3.8) is 0 Å². The van der Waals surface area contributed by atoms with Gasteiger partial charge in [-0.25, -0.2) is 0 Å². The van der Waals surface area contributed by atoms with Crippen molar-refractivity contribution < 1.29 is 9.53 Å². The number of nitrogen functional groups attached to an aromatic ring is 1. The number of nitrogens with two attached hydrogens (primary N) is 1. The van der Waals surface area contributed by atoms with Crippen LogP contribution in [0.4, 0.5) is 5.69 Å². The Kier molecular flexibility index (Phi) is 4.63. The molecule has 4 nitrogen and oxygen atoms in total. The predicted molar refractivity (Wildman–Crippen MR) is 82.4 cm³/mol. The molecule has 0 saturated carbocycles. The van der Waals surface area contributed by atoms with E-state index >= 15 is 0 Å². The van der Waals surface area contributed by atoms with Gasteiger partial charge in [-0.1, -0.05) is 6.07 Å². The summed E-state index contributed by atoms with van der Waals surface area (Å²) in [5, 5.41) is 7.07. The van der Waals surface area contributed by atoms with Gasteiger partial charge in [0.15, 0.2) is 0 Å². The molecule has 0 fully saturated rings. The Morgan fingerprint density at radius 2 is 2.25 bits per heavy atom. The minimum atomic E-state index is -0.206. The van der Waals surface area contributed by atoms with E-state index in [9.17, 15) is 4.79 Å². The van der Waals surface area contributed by atoms with Crippen molar-refractivity contribution in [2.45, 2.75) is 19.4 Å². The summed E-state index contributed by atoms with van der Waals surface area (Å²) < 4.78 is 5.20. The summed E-state index contributed by atoms with van der Waals surface area (Å²) in [6.45, 7) is 1.97. The van der Waals surface area contributed by atoms with E-state index in [4.69, 9.17) is 10.5 Å². The zero-order valence-electron chi connectivity index (χ0n) is 11.6. The number of methoxy groups -OCH3 is 1. The molecule has 106 valence electrons. The number of thiophene rings is 1. The molecule has 1 aromatic heterocycles. The van der Waals surface area contributed by atoms with Gasteiger partial charge >= 0.3 is 0 Å². The highest BCUT2D eigenvalue weighted by Gasteiger charge is 2.17. The van der Waals surface area contributed by atoms with E-state index in [0.717, 1.165) is 6.42 Å². The van der Waals surface area contributed by atoms with Crippen LogP contribution < -0.4 is 15.8 Å². The van der Waals surface area contributed by atoms with Crippen LogP contribution in [-0.2, 0) is 6.42 Å². The molecule has 20 heavy (non-hydrogen) atoms. The Morgan fingerprint density at radius 1 is 1.45 bits per heavy atom. The van der Waals surface area contributed by atoms with Crippen molar-refractivity contribution >= 4 is 22.9 Å². The topological polar surface area (TPSA) is 64.3 Å². The molecule has 2 rings (SSSR count). The lowest BCUT2D eigenvalue weighted by Crippen LogP contribution is -2.34. The van der Waals surface area contributed by atoms with Crippen LogP contribution >= 0.6 is 11.3 Å². The maximum Gasteiger partial charge on any atom is 0.257 e. The monoisotopic (exact) mass is 290 g/mol. The minimum absolute atomic E-state index is 0.0291. The highest BCUT2D eigenvalue weighted by molar-refractivity contribution is 7.07. The van der Waals surface area contributed by atoms with Gasteiger partial charge in [0, 0.05) is 11.7 Å². The molecule has 0 bridgehead atoms. The summed E-state index contributed by atoms with van der Waals surface area (Å²) in [5.41, 5.74) is 7.91. The first kappa shape index (κ1) is 14.4. The molecule has 0 aliphatic carbocycles. The molecule has 0 aliphatic rings. The van der Waals surface area contributed by atoms with E-state index in [1.54, 1.807) is 29.5 Å². The fourth-order valence-electron chi connectivity index (χ4n) is 2.07. The highest BCUT2D eigenvalue weighted by Crippen LogP contribution is 2.24. The second kappa shape index (κ2) is 6.43. The lowest BCUT2D eigenvalue weighted by Gasteiger charge is -2.16. The predicted octanol–water partition coefficient (Wildman–Crippen LogP) is 2.70. The molecule has 1 heterocycles. The number of hydrogen-bond acceptors (Lipinski definition) is 4. The number of ether oxygens (including phenoxy) is 1. The number of carbonyl (C=O) groups is 1. The van der Waals surface area contributed by atoms with Crippen molar-refractivity contribution in [3.05, 3.63) is 46.2 Å². The second-order valence-corrected chi connectivity index (χ2v) is 5.41. The molecule has 1 aromatic carbocycles. The van der Waals surface area contributed by atoms with Gasteiger partial charge in [0.2, 0.25) is 0 Å². The van der Waals surface area contributed by atoms with Crippen LogP contribution in [0.2, 0.25) is 0 Å². The maximum absolute atomic E-state index is 12.3. The number of amides is 1. The smallest absolute Gasteiger partial charge is 0.257 e. The van der Waals surface area contributed by atoms with Gasteiger partial charge in [0.1, 0.15) is 11.3 Å². The quantitative estimate of drug-likeness (QED) is 0.832.